The number of rotatable bonds is 2. The molecule has 2 rings (SSSR count). The Balaban J connectivity index is 2.77. The van der Waals surface area contributed by atoms with Gasteiger partial charge in [-0.15, -0.1) is 0 Å². The molecule has 0 atom stereocenters. The van der Waals surface area contributed by atoms with Crippen LogP contribution in [0.4, 0.5) is 10.1 Å². The Labute approximate surface area is 108 Å². The summed E-state index contributed by atoms with van der Waals surface area (Å²) < 4.78 is 13.8. The van der Waals surface area contributed by atoms with Crippen LogP contribution in [0.15, 0.2) is 18.3 Å². The number of fused-ring (bicyclic) bond motifs is 1. The van der Waals surface area contributed by atoms with E-state index in [1.165, 1.54) is 18.3 Å². The van der Waals surface area contributed by atoms with E-state index in [4.69, 9.17) is 16.7 Å². The highest BCUT2D eigenvalue weighted by atomic mass is 35.5. The average Bonchev–Trinajstić information content (AvgIpc) is 2.28. The standard InChI is InChI=1S/C12H10ClFN2O2/c1-16(2)10-4-9-6(3-8(10)14)11(13)7(5-15-9)12(17)18/h3-5H,1-2H3,(H,17,18). The smallest absolute Gasteiger partial charge is 0.338 e. The molecule has 0 saturated carbocycles. The van der Waals surface area contributed by atoms with Gasteiger partial charge < -0.3 is 10.0 Å². The molecule has 0 radical (unpaired) electrons. The van der Waals surface area contributed by atoms with Gasteiger partial charge in [-0.05, 0) is 12.1 Å². The Morgan fingerprint density at radius 1 is 1.44 bits per heavy atom. The third-order valence-electron chi connectivity index (χ3n) is 2.58. The lowest BCUT2D eigenvalue weighted by Crippen LogP contribution is -2.11. The van der Waals surface area contributed by atoms with Gasteiger partial charge in [-0.3, -0.25) is 4.98 Å². The van der Waals surface area contributed by atoms with Crippen molar-refractivity contribution in [2.45, 2.75) is 0 Å². The lowest BCUT2D eigenvalue weighted by Gasteiger charge is -2.14. The molecular formula is C12H10ClFN2O2. The van der Waals surface area contributed by atoms with Crippen LogP contribution in [0.3, 0.4) is 0 Å². The first-order chi connectivity index (χ1) is 8.41. The van der Waals surface area contributed by atoms with E-state index in [0.717, 1.165) is 0 Å². The predicted molar refractivity (Wildman–Crippen MR) is 68.0 cm³/mol. The van der Waals surface area contributed by atoms with E-state index in [1.54, 1.807) is 19.0 Å². The number of hydrogen-bond acceptors (Lipinski definition) is 3. The van der Waals surface area contributed by atoms with Gasteiger partial charge in [-0.25, -0.2) is 9.18 Å². The second-order valence-electron chi connectivity index (χ2n) is 4.01. The summed E-state index contributed by atoms with van der Waals surface area (Å²) in [6.07, 6.45) is 1.17. The molecule has 0 aliphatic carbocycles. The van der Waals surface area contributed by atoms with Crippen molar-refractivity contribution >= 4 is 34.2 Å². The van der Waals surface area contributed by atoms with E-state index in [2.05, 4.69) is 4.98 Å². The molecule has 0 bridgehead atoms. The zero-order chi connectivity index (χ0) is 13.4. The molecule has 0 aliphatic heterocycles. The van der Waals surface area contributed by atoms with Gasteiger partial charge >= 0.3 is 5.97 Å². The summed E-state index contributed by atoms with van der Waals surface area (Å²) >= 11 is 5.94. The summed E-state index contributed by atoms with van der Waals surface area (Å²) in [6, 6.07) is 2.73. The number of anilines is 1. The van der Waals surface area contributed by atoms with Gasteiger partial charge in [0, 0.05) is 25.7 Å². The number of carboxylic acids is 1. The lowest BCUT2D eigenvalue weighted by molar-refractivity contribution is 0.0697. The summed E-state index contributed by atoms with van der Waals surface area (Å²) in [5.41, 5.74) is 0.686. The molecule has 0 spiro atoms. The van der Waals surface area contributed by atoms with E-state index >= 15 is 0 Å². The minimum absolute atomic E-state index is 0.00305. The maximum Gasteiger partial charge on any atom is 0.338 e. The third-order valence-corrected chi connectivity index (χ3v) is 2.99. The van der Waals surface area contributed by atoms with Gasteiger partial charge in [-0.2, -0.15) is 0 Å². The van der Waals surface area contributed by atoms with Crippen molar-refractivity contribution in [3.63, 3.8) is 0 Å². The largest absolute Gasteiger partial charge is 0.478 e. The van der Waals surface area contributed by atoms with E-state index in [0.29, 0.717) is 16.6 Å². The fourth-order valence-electron chi connectivity index (χ4n) is 1.66. The maximum atomic E-state index is 13.8. The molecule has 1 N–H and O–H groups in total. The molecule has 1 heterocycles. The van der Waals surface area contributed by atoms with Crippen LogP contribution in [-0.2, 0) is 0 Å². The molecule has 0 saturated heterocycles. The maximum absolute atomic E-state index is 13.8. The Bertz CT molecular complexity index is 644. The van der Waals surface area contributed by atoms with E-state index in [1.807, 2.05) is 0 Å². The number of hydrogen-bond donors (Lipinski definition) is 1. The Morgan fingerprint density at radius 3 is 2.67 bits per heavy atom. The second-order valence-corrected chi connectivity index (χ2v) is 4.38. The molecule has 1 aromatic heterocycles. The highest BCUT2D eigenvalue weighted by Gasteiger charge is 2.15. The van der Waals surface area contributed by atoms with Crippen LogP contribution in [0.1, 0.15) is 10.4 Å². The zero-order valence-corrected chi connectivity index (χ0v) is 10.5. The lowest BCUT2D eigenvalue weighted by atomic mass is 10.1. The Hall–Kier alpha value is -1.88. The fourth-order valence-corrected chi connectivity index (χ4v) is 1.94. The van der Waals surface area contributed by atoms with Crippen LogP contribution in [-0.4, -0.2) is 30.2 Å². The number of aromatic carboxylic acids is 1. The molecule has 2 aromatic rings. The number of carboxylic acid groups (broad SMARTS) is 1. The van der Waals surface area contributed by atoms with Crippen LogP contribution in [0.5, 0.6) is 0 Å². The zero-order valence-electron chi connectivity index (χ0n) is 9.74. The minimum Gasteiger partial charge on any atom is -0.478 e. The predicted octanol–water partition coefficient (Wildman–Crippen LogP) is 2.79. The molecule has 6 heteroatoms. The van der Waals surface area contributed by atoms with Crippen molar-refractivity contribution in [2.75, 3.05) is 19.0 Å². The van der Waals surface area contributed by atoms with Gasteiger partial charge in [0.1, 0.15) is 5.82 Å². The van der Waals surface area contributed by atoms with Gasteiger partial charge in [0.15, 0.2) is 0 Å². The quantitative estimate of drug-likeness (QED) is 0.910. The number of benzene rings is 1. The molecule has 1 aromatic carbocycles. The number of aromatic nitrogens is 1. The molecular weight excluding hydrogens is 259 g/mol. The number of halogens is 2. The minimum atomic E-state index is -1.19. The second kappa shape index (κ2) is 4.42. The molecule has 0 fully saturated rings. The molecule has 0 unspecified atom stereocenters. The van der Waals surface area contributed by atoms with Gasteiger partial charge in [-0.1, -0.05) is 11.6 Å². The van der Waals surface area contributed by atoms with Crippen molar-refractivity contribution < 1.29 is 14.3 Å². The van der Waals surface area contributed by atoms with Crippen molar-refractivity contribution in [2.24, 2.45) is 0 Å². The average molecular weight is 269 g/mol. The van der Waals surface area contributed by atoms with Gasteiger partial charge in [0.2, 0.25) is 0 Å². The summed E-state index contributed by atoms with van der Waals surface area (Å²) in [6.45, 7) is 0. The topological polar surface area (TPSA) is 53.4 Å². The SMILES string of the molecule is CN(C)c1cc2ncc(C(=O)O)c(Cl)c2cc1F. The van der Waals surface area contributed by atoms with Crippen LogP contribution >= 0.6 is 11.6 Å². The number of carbonyl (C=O) groups is 1. The van der Waals surface area contributed by atoms with E-state index < -0.39 is 11.8 Å². The first-order valence-corrected chi connectivity index (χ1v) is 5.48. The fraction of sp³-hybridized carbons (Fsp3) is 0.167. The van der Waals surface area contributed by atoms with Crippen molar-refractivity contribution in [1.82, 2.24) is 4.98 Å². The van der Waals surface area contributed by atoms with Gasteiger partial charge in [0.25, 0.3) is 0 Å². The molecule has 18 heavy (non-hydrogen) atoms. The summed E-state index contributed by atoms with van der Waals surface area (Å²) in [5, 5.41) is 9.20. The highest BCUT2D eigenvalue weighted by molar-refractivity contribution is 6.38. The van der Waals surface area contributed by atoms with Crippen molar-refractivity contribution in [3.05, 3.63) is 34.7 Å². The van der Waals surface area contributed by atoms with Crippen LogP contribution in [0.25, 0.3) is 10.9 Å². The van der Waals surface area contributed by atoms with E-state index in [9.17, 15) is 9.18 Å². The third kappa shape index (κ3) is 1.97. The first kappa shape index (κ1) is 12.6. The van der Waals surface area contributed by atoms with E-state index in [-0.39, 0.29) is 10.6 Å². The molecule has 94 valence electrons. The molecule has 4 nitrogen and oxygen atoms in total. The number of pyridine rings is 1. The molecule has 0 aliphatic rings. The van der Waals surface area contributed by atoms with Crippen LogP contribution in [0, 0.1) is 5.82 Å². The first-order valence-electron chi connectivity index (χ1n) is 5.10. The highest BCUT2D eigenvalue weighted by Crippen LogP contribution is 2.30. The molecule has 0 amide bonds. The summed E-state index contributed by atoms with van der Waals surface area (Å²) in [7, 11) is 3.41. The van der Waals surface area contributed by atoms with Crippen LogP contribution in [0.2, 0.25) is 5.02 Å². The Morgan fingerprint density at radius 2 is 2.11 bits per heavy atom. The van der Waals surface area contributed by atoms with Crippen molar-refractivity contribution in [3.8, 4) is 0 Å². The van der Waals surface area contributed by atoms with Gasteiger partial charge in [0.05, 0.1) is 21.8 Å². The summed E-state index contributed by atoms with van der Waals surface area (Å²) in [4.78, 5) is 16.5. The number of nitrogens with zero attached hydrogens (tertiary/aromatic N) is 2. The normalized spacial score (nSPS) is 10.7. The van der Waals surface area contributed by atoms with Crippen LogP contribution < -0.4 is 4.90 Å². The van der Waals surface area contributed by atoms with Crippen molar-refractivity contribution in [1.29, 1.82) is 0 Å². The monoisotopic (exact) mass is 268 g/mol. The summed E-state index contributed by atoms with van der Waals surface area (Å²) in [5.74, 6) is -1.66. The Kier molecular flexibility index (Phi) is 3.09.